The van der Waals surface area contributed by atoms with E-state index in [1.54, 1.807) is 20.3 Å². The molecular formula is C17H16O4. The smallest absolute Gasteiger partial charge is 0.339 e. The van der Waals surface area contributed by atoms with Gasteiger partial charge < -0.3 is 14.2 Å². The van der Waals surface area contributed by atoms with Crippen LogP contribution in [0.4, 0.5) is 0 Å². The number of fused-ring (bicyclic) bond motifs is 1. The molecule has 2 aromatic carbocycles. The van der Waals surface area contributed by atoms with Crippen LogP contribution in [0.25, 0.3) is 0 Å². The number of carbonyl (C=O) groups is 1. The Hall–Kier alpha value is -2.49. The van der Waals surface area contributed by atoms with Crippen LogP contribution in [-0.2, 0) is 10.3 Å². The van der Waals surface area contributed by atoms with Crippen molar-refractivity contribution in [3.05, 3.63) is 59.2 Å². The van der Waals surface area contributed by atoms with Crippen molar-refractivity contribution < 1.29 is 19.0 Å². The molecule has 0 aliphatic carbocycles. The van der Waals surface area contributed by atoms with Crippen molar-refractivity contribution in [2.24, 2.45) is 0 Å². The summed E-state index contributed by atoms with van der Waals surface area (Å²) in [5.74, 6) is 0.750. The lowest BCUT2D eigenvalue weighted by Gasteiger charge is -2.25. The normalized spacial score (nSPS) is 19.9. The molecule has 0 fully saturated rings. The highest BCUT2D eigenvalue weighted by molar-refractivity contribution is 5.96. The summed E-state index contributed by atoms with van der Waals surface area (Å²) in [5.41, 5.74) is 1.41. The van der Waals surface area contributed by atoms with Crippen LogP contribution in [0.15, 0.2) is 42.5 Å². The fraction of sp³-hybridized carbons (Fsp3) is 0.235. The number of ether oxygens (including phenoxy) is 3. The van der Waals surface area contributed by atoms with Gasteiger partial charge in [-0.25, -0.2) is 4.79 Å². The molecule has 0 amide bonds. The predicted octanol–water partition coefficient (Wildman–Crippen LogP) is 3.14. The Labute approximate surface area is 123 Å². The van der Waals surface area contributed by atoms with Crippen LogP contribution < -0.4 is 9.47 Å². The fourth-order valence-corrected chi connectivity index (χ4v) is 2.71. The van der Waals surface area contributed by atoms with Crippen molar-refractivity contribution >= 4 is 5.97 Å². The molecule has 1 heterocycles. The van der Waals surface area contributed by atoms with Crippen molar-refractivity contribution in [2.45, 2.75) is 12.5 Å². The van der Waals surface area contributed by atoms with Gasteiger partial charge in [-0.3, -0.25) is 0 Å². The summed E-state index contributed by atoms with van der Waals surface area (Å²) in [6.07, 6.45) is 0. The van der Waals surface area contributed by atoms with E-state index in [0.717, 1.165) is 11.1 Å². The molecule has 0 saturated heterocycles. The Bertz CT molecular complexity index is 693. The molecule has 0 spiro atoms. The molecular weight excluding hydrogens is 268 g/mol. The van der Waals surface area contributed by atoms with Gasteiger partial charge in [0.1, 0.15) is 0 Å². The van der Waals surface area contributed by atoms with Crippen molar-refractivity contribution in [1.29, 1.82) is 0 Å². The molecule has 1 aliphatic heterocycles. The van der Waals surface area contributed by atoms with Crippen LogP contribution in [0.3, 0.4) is 0 Å². The Morgan fingerprint density at radius 1 is 1.00 bits per heavy atom. The van der Waals surface area contributed by atoms with E-state index in [9.17, 15) is 4.79 Å². The lowest BCUT2D eigenvalue weighted by Crippen LogP contribution is -2.23. The second-order valence-corrected chi connectivity index (χ2v) is 5.04. The van der Waals surface area contributed by atoms with Crippen molar-refractivity contribution in [3.8, 4) is 11.5 Å². The van der Waals surface area contributed by atoms with Gasteiger partial charge >= 0.3 is 5.97 Å². The van der Waals surface area contributed by atoms with Gasteiger partial charge in [-0.15, -0.1) is 0 Å². The average Bonchev–Trinajstić information content (AvgIpc) is 2.78. The van der Waals surface area contributed by atoms with E-state index in [-0.39, 0.29) is 5.97 Å². The number of hydrogen-bond donors (Lipinski definition) is 0. The third-order valence-electron chi connectivity index (χ3n) is 3.88. The van der Waals surface area contributed by atoms with Gasteiger partial charge in [0.15, 0.2) is 17.1 Å². The quantitative estimate of drug-likeness (QED) is 0.812. The molecule has 0 N–H and O–H groups in total. The molecule has 3 rings (SSSR count). The van der Waals surface area contributed by atoms with E-state index in [2.05, 4.69) is 0 Å². The zero-order chi connectivity index (χ0) is 15.0. The second-order valence-electron chi connectivity index (χ2n) is 5.04. The van der Waals surface area contributed by atoms with Crippen LogP contribution in [0.5, 0.6) is 11.5 Å². The highest BCUT2D eigenvalue weighted by Crippen LogP contribution is 2.45. The number of benzene rings is 2. The summed E-state index contributed by atoms with van der Waals surface area (Å²) in [5, 5.41) is 0. The van der Waals surface area contributed by atoms with E-state index < -0.39 is 5.60 Å². The molecule has 1 aliphatic rings. The molecule has 0 radical (unpaired) electrons. The van der Waals surface area contributed by atoms with Gasteiger partial charge in [-0.2, -0.15) is 0 Å². The van der Waals surface area contributed by atoms with Gasteiger partial charge in [-0.05, 0) is 24.6 Å². The van der Waals surface area contributed by atoms with Crippen LogP contribution in [0.1, 0.15) is 28.4 Å². The largest absolute Gasteiger partial charge is 0.493 e. The standard InChI is InChI=1S/C17H16O4/c1-17(11-7-5-4-6-8-11)13-10-15(20-3)14(19-2)9-12(13)16(18)21-17/h4-10H,1-3H3. The minimum absolute atomic E-state index is 0.350. The van der Waals surface area contributed by atoms with Gasteiger partial charge in [0.25, 0.3) is 0 Å². The third-order valence-corrected chi connectivity index (χ3v) is 3.88. The molecule has 0 aromatic heterocycles. The van der Waals surface area contributed by atoms with E-state index in [4.69, 9.17) is 14.2 Å². The topological polar surface area (TPSA) is 44.8 Å². The van der Waals surface area contributed by atoms with Crippen molar-refractivity contribution in [2.75, 3.05) is 14.2 Å². The SMILES string of the molecule is COc1cc2c(cc1OC)C(C)(c1ccccc1)OC2=O. The maximum Gasteiger partial charge on any atom is 0.339 e. The number of carbonyl (C=O) groups excluding carboxylic acids is 1. The fourth-order valence-electron chi connectivity index (χ4n) is 2.71. The number of rotatable bonds is 3. The lowest BCUT2D eigenvalue weighted by molar-refractivity contribution is 0.0180. The first-order valence-electron chi connectivity index (χ1n) is 6.65. The first-order chi connectivity index (χ1) is 10.1. The van der Waals surface area contributed by atoms with Crippen molar-refractivity contribution in [1.82, 2.24) is 0 Å². The summed E-state index contributed by atoms with van der Waals surface area (Å²) in [6.45, 7) is 1.89. The molecule has 1 atom stereocenters. The lowest BCUT2D eigenvalue weighted by atomic mass is 9.87. The maximum absolute atomic E-state index is 12.2. The molecule has 4 nitrogen and oxygen atoms in total. The Balaban J connectivity index is 2.22. The van der Waals surface area contributed by atoms with Gasteiger partial charge in [-0.1, -0.05) is 30.3 Å². The zero-order valence-electron chi connectivity index (χ0n) is 12.2. The minimum Gasteiger partial charge on any atom is -0.493 e. The maximum atomic E-state index is 12.2. The Morgan fingerprint density at radius 3 is 2.24 bits per heavy atom. The molecule has 21 heavy (non-hydrogen) atoms. The molecule has 0 saturated carbocycles. The van der Waals surface area contributed by atoms with E-state index in [1.807, 2.05) is 43.3 Å². The van der Waals surface area contributed by atoms with Crippen LogP contribution >= 0.6 is 0 Å². The van der Waals surface area contributed by atoms with E-state index >= 15 is 0 Å². The summed E-state index contributed by atoms with van der Waals surface area (Å²) >= 11 is 0. The van der Waals surface area contributed by atoms with Crippen LogP contribution in [0, 0.1) is 0 Å². The highest BCUT2D eigenvalue weighted by atomic mass is 16.6. The summed E-state index contributed by atoms with van der Waals surface area (Å²) < 4.78 is 16.2. The predicted molar refractivity (Wildman–Crippen MR) is 77.9 cm³/mol. The van der Waals surface area contributed by atoms with E-state index in [0.29, 0.717) is 17.1 Å². The first-order valence-corrected chi connectivity index (χ1v) is 6.65. The number of esters is 1. The summed E-state index contributed by atoms with van der Waals surface area (Å²) in [4.78, 5) is 12.2. The molecule has 108 valence electrons. The van der Waals surface area contributed by atoms with Crippen LogP contribution in [0.2, 0.25) is 0 Å². The monoisotopic (exact) mass is 284 g/mol. The van der Waals surface area contributed by atoms with Gasteiger partial charge in [0, 0.05) is 5.56 Å². The van der Waals surface area contributed by atoms with Crippen molar-refractivity contribution in [3.63, 3.8) is 0 Å². The first kappa shape index (κ1) is 13.5. The molecule has 4 heteroatoms. The number of hydrogen-bond acceptors (Lipinski definition) is 4. The molecule has 1 unspecified atom stereocenters. The average molecular weight is 284 g/mol. The highest BCUT2D eigenvalue weighted by Gasteiger charge is 2.44. The molecule has 0 bridgehead atoms. The molecule has 2 aromatic rings. The number of methoxy groups -OCH3 is 2. The third kappa shape index (κ3) is 1.95. The summed E-state index contributed by atoms with van der Waals surface area (Å²) in [6, 6.07) is 13.1. The summed E-state index contributed by atoms with van der Waals surface area (Å²) in [7, 11) is 3.11. The Morgan fingerprint density at radius 2 is 1.62 bits per heavy atom. The zero-order valence-corrected chi connectivity index (χ0v) is 12.2. The van der Waals surface area contributed by atoms with Gasteiger partial charge in [0.2, 0.25) is 0 Å². The second kappa shape index (κ2) is 4.81. The Kier molecular flexibility index (Phi) is 3.09. The number of cyclic esters (lactones) is 1. The minimum atomic E-state index is -0.812. The van der Waals surface area contributed by atoms with Gasteiger partial charge in [0.05, 0.1) is 19.8 Å². The van der Waals surface area contributed by atoms with E-state index in [1.165, 1.54) is 0 Å². The van der Waals surface area contributed by atoms with Crippen LogP contribution in [-0.4, -0.2) is 20.2 Å².